The van der Waals surface area contributed by atoms with E-state index in [1.54, 1.807) is 0 Å². The minimum absolute atomic E-state index is 0.174. The van der Waals surface area contributed by atoms with E-state index in [1.807, 2.05) is 18.2 Å². The summed E-state index contributed by atoms with van der Waals surface area (Å²) in [6.07, 6.45) is 5.34. The van der Waals surface area contributed by atoms with E-state index in [-0.39, 0.29) is 5.84 Å². The van der Waals surface area contributed by atoms with Gasteiger partial charge in [0.05, 0.1) is 0 Å². The van der Waals surface area contributed by atoms with Crippen molar-refractivity contribution in [1.82, 2.24) is 4.90 Å². The summed E-state index contributed by atoms with van der Waals surface area (Å²) >= 11 is 0. The van der Waals surface area contributed by atoms with Gasteiger partial charge in [0.2, 0.25) is 0 Å². The maximum Gasteiger partial charge on any atom is 0.123 e. The van der Waals surface area contributed by atoms with Crippen LogP contribution in [0.4, 0.5) is 0 Å². The van der Waals surface area contributed by atoms with Crippen LogP contribution in [0.5, 0.6) is 0 Å². The molecule has 1 aromatic rings. The van der Waals surface area contributed by atoms with Crippen molar-refractivity contribution in [3.8, 4) is 0 Å². The fraction of sp³-hybridized carbons (Fsp3) is 0.533. The van der Waals surface area contributed by atoms with Crippen LogP contribution >= 0.6 is 0 Å². The Morgan fingerprint density at radius 2 is 2.00 bits per heavy atom. The highest BCUT2D eigenvalue weighted by Crippen LogP contribution is 2.25. The van der Waals surface area contributed by atoms with Gasteiger partial charge in [-0.25, -0.2) is 0 Å². The number of nitrogen functional groups attached to an aromatic ring is 1. The fourth-order valence-electron chi connectivity index (χ4n) is 2.91. The summed E-state index contributed by atoms with van der Waals surface area (Å²) in [6, 6.07) is 8.74. The molecule has 0 heterocycles. The van der Waals surface area contributed by atoms with Gasteiger partial charge in [0.25, 0.3) is 0 Å². The monoisotopic (exact) mass is 245 g/mol. The predicted molar refractivity (Wildman–Crippen MR) is 75.8 cm³/mol. The molecule has 1 aliphatic rings. The largest absolute Gasteiger partial charge is 0.384 e. The van der Waals surface area contributed by atoms with Crippen molar-refractivity contribution in [2.24, 2.45) is 5.73 Å². The summed E-state index contributed by atoms with van der Waals surface area (Å²) in [5, 5.41) is 7.65. The molecule has 3 heteroatoms. The Bertz CT molecular complexity index is 408. The third kappa shape index (κ3) is 2.91. The zero-order valence-electron chi connectivity index (χ0n) is 11.2. The zero-order chi connectivity index (χ0) is 13.0. The predicted octanol–water partition coefficient (Wildman–Crippen LogP) is 2.74. The molecule has 0 aliphatic heterocycles. The Balaban J connectivity index is 2.13. The van der Waals surface area contributed by atoms with Gasteiger partial charge < -0.3 is 5.73 Å². The van der Waals surface area contributed by atoms with Crippen LogP contribution in [0.15, 0.2) is 24.3 Å². The number of nitrogens with zero attached hydrogens (tertiary/aromatic N) is 1. The molecule has 18 heavy (non-hydrogen) atoms. The van der Waals surface area contributed by atoms with Gasteiger partial charge in [-0.2, -0.15) is 0 Å². The smallest absolute Gasteiger partial charge is 0.123 e. The van der Waals surface area contributed by atoms with Gasteiger partial charge >= 0.3 is 0 Å². The number of nitrogens with two attached hydrogens (primary N) is 1. The first kappa shape index (κ1) is 13.1. The first-order valence-corrected chi connectivity index (χ1v) is 6.88. The Kier molecular flexibility index (Phi) is 4.37. The number of rotatable bonds is 5. The molecule has 0 aromatic heterocycles. The summed E-state index contributed by atoms with van der Waals surface area (Å²) in [6.45, 7) is 4.20. The van der Waals surface area contributed by atoms with Gasteiger partial charge in [0.1, 0.15) is 5.84 Å². The lowest BCUT2D eigenvalue weighted by Gasteiger charge is -2.28. The van der Waals surface area contributed by atoms with E-state index in [1.165, 1.54) is 31.2 Å². The lowest BCUT2D eigenvalue weighted by atomic mass is 10.0. The van der Waals surface area contributed by atoms with Crippen molar-refractivity contribution >= 4 is 5.84 Å². The number of hydrogen-bond donors (Lipinski definition) is 2. The van der Waals surface area contributed by atoms with Crippen LogP contribution in [0.2, 0.25) is 0 Å². The summed E-state index contributed by atoms with van der Waals surface area (Å²) in [7, 11) is 0. The summed E-state index contributed by atoms with van der Waals surface area (Å²) in [4.78, 5) is 2.52. The third-order valence-corrected chi connectivity index (χ3v) is 3.93. The number of amidine groups is 1. The average molecular weight is 245 g/mol. The van der Waals surface area contributed by atoms with Gasteiger partial charge in [-0.15, -0.1) is 0 Å². The van der Waals surface area contributed by atoms with Crippen LogP contribution in [0.25, 0.3) is 0 Å². The van der Waals surface area contributed by atoms with E-state index in [9.17, 15) is 0 Å². The van der Waals surface area contributed by atoms with Crippen molar-refractivity contribution < 1.29 is 0 Å². The molecule has 3 N–H and O–H groups in total. The summed E-state index contributed by atoms with van der Waals surface area (Å²) in [5.41, 5.74) is 7.71. The molecule has 0 bridgehead atoms. The molecular formula is C15H23N3. The number of benzene rings is 1. The summed E-state index contributed by atoms with van der Waals surface area (Å²) < 4.78 is 0. The first-order chi connectivity index (χ1) is 8.72. The van der Waals surface area contributed by atoms with E-state index < -0.39 is 0 Å². The van der Waals surface area contributed by atoms with Gasteiger partial charge in [-0.3, -0.25) is 10.3 Å². The molecule has 0 amide bonds. The van der Waals surface area contributed by atoms with Crippen molar-refractivity contribution in [2.75, 3.05) is 6.54 Å². The fourth-order valence-corrected chi connectivity index (χ4v) is 2.91. The maximum absolute atomic E-state index is 7.65. The topological polar surface area (TPSA) is 53.1 Å². The molecule has 2 rings (SSSR count). The standard InChI is InChI=1S/C15H23N3/c1-2-18(13-8-4-5-9-13)11-12-7-3-6-10-14(12)15(16)17/h3,6-7,10,13H,2,4-5,8-9,11H2,1H3,(H3,16,17). The second kappa shape index (κ2) is 6.01. The Hall–Kier alpha value is -1.35. The highest BCUT2D eigenvalue weighted by Gasteiger charge is 2.22. The molecule has 0 saturated heterocycles. The minimum Gasteiger partial charge on any atom is -0.384 e. The van der Waals surface area contributed by atoms with Crippen LogP contribution in [-0.2, 0) is 6.54 Å². The van der Waals surface area contributed by atoms with Crippen LogP contribution in [0, 0.1) is 5.41 Å². The van der Waals surface area contributed by atoms with Crippen LogP contribution < -0.4 is 5.73 Å². The minimum atomic E-state index is 0.174. The van der Waals surface area contributed by atoms with Crippen molar-refractivity contribution in [2.45, 2.75) is 45.2 Å². The highest BCUT2D eigenvalue weighted by atomic mass is 15.1. The molecule has 1 aliphatic carbocycles. The maximum atomic E-state index is 7.65. The average Bonchev–Trinajstić information content (AvgIpc) is 2.90. The van der Waals surface area contributed by atoms with Crippen molar-refractivity contribution in [3.63, 3.8) is 0 Å². The molecule has 0 spiro atoms. The van der Waals surface area contributed by atoms with Gasteiger partial charge in [0, 0.05) is 18.2 Å². The highest BCUT2D eigenvalue weighted by molar-refractivity contribution is 5.96. The SMILES string of the molecule is CCN(Cc1ccccc1C(=N)N)C1CCCC1. The van der Waals surface area contributed by atoms with E-state index in [4.69, 9.17) is 11.1 Å². The lowest BCUT2D eigenvalue weighted by molar-refractivity contribution is 0.200. The molecule has 1 saturated carbocycles. The zero-order valence-corrected chi connectivity index (χ0v) is 11.2. The normalized spacial score (nSPS) is 16.3. The molecule has 1 fully saturated rings. The summed E-state index contributed by atoms with van der Waals surface area (Å²) in [5.74, 6) is 0.174. The first-order valence-electron chi connectivity index (χ1n) is 6.88. The van der Waals surface area contributed by atoms with E-state index >= 15 is 0 Å². The van der Waals surface area contributed by atoms with Gasteiger partial charge in [0.15, 0.2) is 0 Å². The molecule has 0 radical (unpaired) electrons. The molecular weight excluding hydrogens is 222 g/mol. The van der Waals surface area contributed by atoms with E-state index in [0.29, 0.717) is 0 Å². The van der Waals surface area contributed by atoms with Gasteiger partial charge in [-0.05, 0) is 24.9 Å². The number of hydrogen-bond acceptors (Lipinski definition) is 2. The number of nitrogens with one attached hydrogen (secondary N) is 1. The molecule has 3 nitrogen and oxygen atoms in total. The Morgan fingerprint density at radius 3 is 2.61 bits per heavy atom. The lowest BCUT2D eigenvalue weighted by Crippen LogP contribution is -2.33. The van der Waals surface area contributed by atoms with E-state index in [0.717, 1.165) is 24.7 Å². The van der Waals surface area contributed by atoms with E-state index in [2.05, 4.69) is 17.9 Å². The molecule has 98 valence electrons. The van der Waals surface area contributed by atoms with Crippen LogP contribution in [0.3, 0.4) is 0 Å². The quantitative estimate of drug-likeness (QED) is 0.619. The van der Waals surface area contributed by atoms with Crippen LogP contribution in [-0.4, -0.2) is 23.3 Å². The second-order valence-electron chi connectivity index (χ2n) is 5.07. The van der Waals surface area contributed by atoms with Gasteiger partial charge in [-0.1, -0.05) is 44.0 Å². The Labute approximate surface area is 109 Å². The molecule has 0 unspecified atom stereocenters. The van der Waals surface area contributed by atoms with Crippen molar-refractivity contribution in [1.29, 1.82) is 5.41 Å². The Morgan fingerprint density at radius 1 is 1.33 bits per heavy atom. The van der Waals surface area contributed by atoms with Crippen LogP contribution in [0.1, 0.15) is 43.7 Å². The molecule has 0 atom stereocenters. The van der Waals surface area contributed by atoms with Crippen molar-refractivity contribution in [3.05, 3.63) is 35.4 Å². The molecule has 1 aromatic carbocycles. The third-order valence-electron chi connectivity index (χ3n) is 3.93. The second-order valence-corrected chi connectivity index (χ2v) is 5.07.